The minimum Gasteiger partial charge on any atom is -0.495 e. The van der Waals surface area contributed by atoms with Gasteiger partial charge in [-0.2, -0.15) is 5.06 Å². The summed E-state index contributed by atoms with van der Waals surface area (Å²) in [7, 11) is 2.98. The number of ether oxygens (including phenoxy) is 1. The van der Waals surface area contributed by atoms with Crippen molar-refractivity contribution in [2.75, 3.05) is 31.3 Å². The number of benzene rings is 1. The molecule has 2 N–H and O–H groups in total. The number of hydroxylamine groups is 2. The highest BCUT2D eigenvalue weighted by atomic mass is 16.7. The maximum Gasteiger partial charge on any atom is 0.332 e. The zero-order valence-corrected chi connectivity index (χ0v) is 18.6. The third-order valence-electron chi connectivity index (χ3n) is 5.57. The number of methoxy groups -OCH3 is 1. The number of anilines is 2. The Morgan fingerprint density at radius 3 is 2.67 bits per heavy atom. The summed E-state index contributed by atoms with van der Waals surface area (Å²) in [5, 5.41) is 0.904. The average molecular weight is 420 g/mol. The van der Waals surface area contributed by atoms with Crippen molar-refractivity contribution in [3.8, 4) is 5.75 Å². The number of rotatable bonds is 8. The molecule has 0 aliphatic carbocycles. The zero-order valence-electron chi connectivity index (χ0n) is 18.6. The van der Waals surface area contributed by atoms with Crippen molar-refractivity contribution in [3.63, 3.8) is 0 Å². The summed E-state index contributed by atoms with van der Waals surface area (Å²) in [6.07, 6.45) is 2.50. The maximum atomic E-state index is 12.1. The Labute approximate surface area is 178 Å². The van der Waals surface area contributed by atoms with E-state index >= 15 is 0 Å². The number of amides is 1. The predicted molar refractivity (Wildman–Crippen MR) is 115 cm³/mol. The van der Waals surface area contributed by atoms with Crippen LogP contribution in [0.3, 0.4) is 0 Å². The first-order chi connectivity index (χ1) is 14.1. The molecule has 1 aromatic carbocycles. The number of nitrogens with zero attached hydrogens (tertiary/aromatic N) is 2. The van der Waals surface area contributed by atoms with Crippen molar-refractivity contribution in [1.29, 1.82) is 0 Å². The Kier molecular flexibility index (Phi) is 7.70. The molecule has 0 radical (unpaired) electrons. The first-order valence-electron chi connectivity index (χ1n) is 10.3. The molecule has 8 nitrogen and oxygen atoms in total. The Bertz CT molecular complexity index is 793. The lowest BCUT2D eigenvalue weighted by Crippen LogP contribution is -2.49. The maximum absolute atomic E-state index is 12.1. The molecule has 0 aromatic heterocycles. The fraction of sp³-hybridized carbons (Fsp3) is 0.591. The number of hydrogen-bond acceptors (Lipinski definition) is 7. The Morgan fingerprint density at radius 2 is 2.03 bits per heavy atom. The molecule has 0 saturated carbocycles. The Balaban J connectivity index is 2.04. The van der Waals surface area contributed by atoms with Crippen LogP contribution in [-0.4, -0.2) is 49.5 Å². The van der Waals surface area contributed by atoms with Crippen LogP contribution in [0, 0.1) is 0 Å². The molecule has 0 spiro atoms. The van der Waals surface area contributed by atoms with Crippen molar-refractivity contribution >= 4 is 29.5 Å². The molecule has 1 heterocycles. The van der Waals surface area contributed by atoms with Crippen molar-refractivity contribution < 1.29 is 24.0 Å². The van der Waals surface area contributed by atoms with Gasteiger partial charge in [0.1, 0.15) is 12.0 Å². The molecule has 0 bridgehead atoms. The van der Waals surface area contributed by atoms with E-state index in [0.29, 0.717) is 36.6 Å². The van der Waals surface area contributed by atoms with Crippen LogP contribution >= 0.6 is 0 Å². The molecule has 1 amide bonds. The molecule has 1 aliphatic rings. The van der Waals surface area contributed by atoms with Crippen molar-refractivity contribution in [2.45, 2.75) is 64.3 Å². The second kappa shape index (κ2) is 9.82. The number of nitrogen functional groups attached to an aromatic ring is 1. The number of carbonyl (C=O) groups excluding carboxylic acids is 3. The van der Waals surface area contributed by atoms with Crippen molar-refractivity contribution in [3.05, 3.63) is 17.7 Å². The summed E-state index contributed by atoms with van der Waals surface area (Å²) in [6.45, 7) is 7.22. The van der Waals surface area contributed by atoms with Gasteiger partial charge in [-0.1, -0.05) is 6.92 Å². The van der Waals surface area contributed by atoms with Crippen LogP contribution in [0.5, 0.6) is 5.75 Å². The van der Waals surface area contributed by atoms with Gasteiger partial charge in [-0.3, -0.25) is 4.79 Å². The normalized spacial score (nSPS) is 17.1. The molecule has 0 fully saturated rings. The van der Waals surface area contributed by atoms with E-state index in [4.69, 9.17) is 15.3 Å². The van der Waals surface area contributed by atoms with Crippen LogP contribution < -0.4 is 15.4 Å². The van der Waals surface area contributed by atoms with Gasteiger partial charge in [0.25, 0.3) is 5.91 Å². The second-order valence-electron chi connectivity index (χ2n) is 8.39. The highest BCUT2D eigenvalue weighted by molar-refractivity contribution is 5.79. The largest absolute Gasteiger partial charge is 0.495 e. The molecular formula is C22H33N3O5. The summed E-state index contributed by atoms with van der Waals surface area (Å²) in [5.41, 5.74) is 8.88. The molecular weight excluding hydrogens is 386 g/mol. The van der Waals surface area contributed by atoms with Crippen LogP contribution in [0.1, 0.15) is 64.4 Å². The molecule has 1 unspecified atom stereocenters. The van der Waals surface area contributed by atoms with Crippen LogP contribution in [0.25, 0.3) is 0 Å². The van der Waals surface area contributed by atoms with Crippen LogP contribution in [-0.2, 0) is 19.2 Å². The van der Waals surface area contributed by atoms with E-state index in [2.05, 4.69) is 25.7 Å². The second-order valence-corrected chi connectivity index (χ2v) is 8.39. The fourth-order valence-corrected chi connectivity index (χ4v) is 4.10. The van der Waals surface area contributed by atoms with Crippen LogP contribution in [0.15, 0.2) is 12.1 Å². The molecule has 8 heteroatoms. The molecule has 2 rings (SSSR count). The minimum atomic E-state index is -0.477. The Morgan fingerprint density at radius 1 is 1.33 bits per heavy atom. The van der Waals surface area contributed by atoms with E-state index in [9.17, 15) is 14.4 Å². The summed E-state index contributed by atoms with van der Waals surface area (Å²) in [4.78, 5) is 41.6. The third-order valence-corrected chi connectivity index (χ3v) is 5.57. The lowest BCUT2D eigenvalue weighted by atomic mass is 9.79. The number of aldehydes is 1. The van der Waals surface area contributed by atoms with E-state index in [1.54, 1.807) is 7.11 Å². The SMILES string of the molecule is COc1cc2c(cc1N)C(C)CC(C)(C)N2CCCC(=O)ON(C)C(=O)CCC=O. The lowest BCUT2D eigenvalue weighted by Gasteiger charge is -2.48. The third kappa shape index (κ3) is 5.43. The van der Waals surface area contributed by atoms with E-state index in [0.717, 1.165) is 17.2 Å². The van der Waals surface area contributed by atoms with E-state index in [1.165, 1.54) is 12.6 Å². The van der Waals surface area contributed by atoms with Gasteiger partial charge >= 0.3 is 5.97 Å². The molecule has 1 atom stereocenters. The van der Waals surface area contributed by atoms with E-state index < -0.39 is 11.9 Å². The van der Waals surface area contributed by atoms with Crippen LogP contribution in [0.4, 0.5) is 11.4 Å². The standard InChI is InChI=1S/C22H33N3O5/c1-15-14-22(2,3)25(18-13-19(29-5)17(23)12-16(15)18)10-6-9-21(28)30-24(4)20(27)8-7-11-26/h11-13,15H,6-10,14,23H2,1-5H3. The summed E-state index contributed by atoms with van der Waals surface area (Å²) >= 11 is 0. The monoisotopic (exact) mass is 419 g/mol. The average Bonchev–Trinajstić information content (AvgIpc) is 2.68. The first-order valence-corrected chi connectivity index (χ1v) is 10.3. The molecule has 1 aliphatic heterocycles. The highest BCUT2D eigenvalue weighted by Crippen LogP contribution is 2.46. The molecule has 30 heavy (non-hydrogen) atoms. The van der Waals surface area contributed by atoms with Gasteiger partial charge in [0, 0.05) is 50.1 Å². The fourth-order valence-electron chi connectivity index (χ4n) is 4.10. The number of hydrogen-bond donors (Lipinski definition) is 1. The van der Waals surface area contributed by atoms with E-state index in [-0.39, 0.29) is 24.8 Å². The molecule has 1 aromatic rings. The van der Waals surface area contributed by atoms with Gasteiger partial charge in [0.2, 0.25) is 0 Å². The summed E-state index contributed by atoms with van der Waals surface area (Å²) < 4.78 is 5.41. The number of carbonyl (C=O) groups is 3. The highest BCUT2D eigenvalue weighted by Gasteiger charge is 2.36. The summed E-state index contributed by atoms with van der Waals surface area (Å²) in [5.74, 6) is 0.115. The first kappa shape index (κ1) is 23.5. The van der Waals surface area contributed by atoms with Crippen molar-refractivity contribution in [2.24, 2.45) is 0 Å². The molecule has 0 saturated heterocycles. The molecule has 166 valence electrons. The van der Waals surface area contributed by atoms with Gasteiger partial charge in [0.05, 0.1) is 12.8 Å². The van der Waals surface area contributed by atoms with Crippen molar-refractivity contribution in [1.82, 2.24) is 5.06 Å². The number of fused-ring (bicyclic) bond motifs is 1. The smallest absolute Gasteiger partial charge is 0.332 e. The lowest BCUT2D eigenvalue weighted by molar-refractivity contribution is -0.192. The van der Waals surface area contributed by atoms with Gasteiger partial charge in [-0.25, -0.2) is 4.79 Å². The van der Waals surface area contributed by atoms with Gasteiger partial charge in [0.15, 0.2) is 0 Å². The summed E-state index contributed by atoms with van der Waals surface area (Å²) in [6, 6.07) is 3.95. The zero-order chi connectivity index (χ0) is 22.5. The quantitative estimate of drug-likeness (QED) is 0.392. The topological polar surface area (TPSA) is 102 Å². The number of nitrogens with two attached hydrogens (primary N) is 1. The van der Waals surface area contributed by atoms with Crippen LogP contribution in [0.2, 0.25) is 0 Å². The predicted octanol–water partition coefficient (Wildman–Crippen LogP) is 3.05. The van der Waals surface area contributed by atoms with Gasteiger partial charge in [-0.15, -0.1) is 0 Å². The van der Waals surface area contributed by atoms with Gasteiger partial charge < -0.3 is 25.0 Å². The minimum absolute atomic E-state index is 0.0230. The van der Waals surface area contributed by atoms with E-state index in [1.807, 2.05) is 12.1 Å². The van der Waals surface area contributed by atoms with Gasteiger partial charge in [-0.05, 0) is 44.2 Å². The Hall–Kier alpha value is -2.77.